The van der Waals surface area contributed by atoms with Crippen molar-refractivity contribution in [3.05, 3.63) is 10.6 Å². The van der Waals surface area contributed by atoms with Crippen LogP contribution in [0.4, 0.5) is 5.13 Å². The number of carbonyl (C=O) groups is 1. The van der Waals surface area contributed by atoms with E-state index in [9.17, 15) is 4.79 Å². The third-order valence-corrected chi connectivity index (χ3v) is 4.94. The van der Waals surface area contributed by atoms with Crippen molar-refractivity contribution in [3.63, 3.8) is 0 Å². The second-order valence-corrected chi connectivity index (χ2v) is 6.56. The van der Waals surface area contributed by atoms with Crippen LogP contribution >= 0.6 is 11.3 Å². The van der Waals surface area contributed by atoms with Gasteiger partial charge < -0.3 is 15.1 Å². The zero-order valence-corrected chi connectivity index (χ0v) is 14.3. The number of rotatable bonds is 5. The average Bonchev–Trinajstić information content (AvgIpc) is 2.94. The SMILES string of the molecule is CCN(CC)c1nc(C(C)C)c(C(=O)N2CCNCC2)s1. The Morgan fingerprint density at radius 1 is 1.33 bits per heavy atom. The summed E-state index contributed by atoms with van der Waals surface area (Å²) in [5.41, 5.74) is 0.949. The first kappa shape index (κ1) is 16.2. The zero-order valence-electron chi connectivity index (χ0n) is 13.5. The average molecular weight is 310 g/mol. The molecular formula is C15H26N4OS. The second-order valence-electron chi connectivity index (χ2n) is 5.58. The number of thiazole rings is 1. The number of nitrogens with one attached hydrogen (secondary N) is 1. The molecule has 0 radical (unpaired) electrons. The fourth-order valence-electron chi connectivity index (χ4n) is 2.51. The Bertz CT molecular complexity index is 476. The van der Waals surface area contributed by atoms with Crippen LogP contribution in [0.5, 0.6) is 0 Å². The van der Waals surface area contributed by atoms with Crippen LogP contribution in [0.25, 0.3) is 0 Å². The Kier molecular flexibility index (Phi) is 5.58. The van der Waals surface area contributed by atoms with E-state index in [4.69, 9.17) is 4.98 Å². The first-order valence-corrected chi connectivity index (χ1v) is 8.65. The van der Waals surface area contributed by atoms with Crippen molar-refractivity contribution in [2.24, 2.45) is 0 Å². The monoisotopic (exact) mass is 310 g/mol. The Labute approximate surface area is 131 Å². The van der Waals surface area contributed by atoms with Gasteiger partial charge in [0.15, 0.2) is 5.13 Å². The lowest BCUT2D eigenvalue weighted by molar-refractivity contribution is 0.0739. The largest absolute Gasteiger partial charge is 0.349 e. The molecule has 0 bridgehead atoms. The molecule has 6 heteroatoms. The van der Waals surface area contributed by atoms with Gasteiger partial charge in [0, 0.05) is 39.3 Å². The summed E-state index contributed by atoms with van der Waals surface area (Å²) in [4.78, 5) is 22.5. The number of hydrogen-bond donors (Lipinski definition) is 1. The van der Waals surface area contributed by atoms with Gasteiger partial charge in [-0.15, -0.1) is 0 Å². The van der Waals surface area contributed by atoms with Gasteiger partial charge in [-0.05, 0) is 19.8 Å². The van der Waals surface area contributed by atoms with Crippen LogP contribution in [-0.2, 0) is 0 Å². The molecule has 1 aliphatic rings. The highest BCUT2D eigenvalue weighted by molar-refractivity contribution is 7.17. The summed E-state index contributed by atoms with van der Waals surface area (Å²) in [5.74, 6) is 0.420. The van der Waals surface area contributed by atoms with E-state index in [0.29, 0.717) is 0 Å². The molecule has 118 valence electrons. The number of aromatic nitrogens is 1. The molecule has 5 nitrogen and oxygen atoms in total. The maximum absolute atomic E-state index is 12.8. The number of amides is 1. The molecule has 1 fully saturated rings. The molecule has 2 heterocycles. The van der Waals surface area contributed by atoms with Crippen molar-refractivity contribution in [1.29, 1.82) is 0 Å². The number of nitrogens with zero attached hydrogens (tertiary/aromatic N) is 3. The number of anilines is 1. The van der Waals surface area contributed by atoms with Crippen LogP contribution in [0.2, 0.25) is 0 Å². The van der Waals surface area contributed by atoms with Crippen molar-refractivity contribution in [2.75, 3.05) is 44.2 Å². The molecule has 1 saturated heterocycles. The minimum Gasteiger partial charge on any atom is -0.349 e. The molecule has 1 N–H and O–H groups in total. The van der Waals surface area contributed by atoms with Gasteiger partial charge in [-0.2, -0.15) is 0 Å². The Morgan fingerprint density at radius 2 is 1.95 bits per heavy atom. The summed E-state index contributed by atoms with van der Waals surface area (Å²) in [7, 11) is 0. The standard InChI is InChI=1S/C15H26N4OS/c1-5-18(6-2)15-17-12(11(3)4)13(21-15)14(20)19-9-7-16-8-10-19/h11,16H,5-10H2,1-4H3. The van der Waals surface area contributed by atoms with E-state index in [1.165, 1.54) is 0 Å². The lowest BCUT2D eigenvalue weighted by Gasteiger charge is -2.27. The topological polar surface area (TPSA) is 48.5 Å². The highest BCUT2D eigenvalue weighted by atomic mass is 32.1. The van der Waals surface area contributed by atoms with Crippen molar-refractivity contribution in [3.8, 4) is 0 Å². The van der Waals surface area contributed by atoms with Crippen molar-refractivity contribution in [2.45, 2.75) is 33.6 Å². The van der Waals surface area contributed by atoms with Crippen molar-refractivity contribution in [1.82, 2.24) is 15.2 Å². The van der Waals surface area contributed by atoms with E-state index in [2.05, 4.69) is 37.9 Å². The summed E-state index contributed by atoms with van der Waals surface area (Å²) >= 11 is 1.55. The van der Waals surface area contributed by atoms with Gasteiger partial charge in [0.1, 0.15) is 4.88 Å². The van der Waals surface area contributed by atoms with Crippen molar-refractivity contribution >= 4 is 22.4 Å². The maximum atomic E-state index is 12.8. The highest BCUT2D eigenvalue weighted by Gasteiger charge is 2.26. The molecule has 0 unspecified atom stereocenters. The van der Waals surface area contributed by atoms with Gasteiger partial charge in [-0.3, -0.25) is 4.79 Å². The normalized spacial score (nSPS) is 15.6. The van der Waals surface area contributed by atoms with Crippen LogP contribution in [0, 0.1) is 0 Å². The Hall–Kier alpha value is -1.14. The molecule has 2 rings (SSSR count). The molecule has 1 amide bonds. The Morgan fingerprint density at radius 3 is 2.48 bits per heavy atom. The van der Waals surface area contributed by atoms with Gasteiger partial charge in [0.2, 0.25) is 0 Å². The quantitative estimate of drug-likeness (QED) is 0.905. The molecule has 21 heavy (non-hydrogen) atoms. The lowest BCUT2D eigenvalue weighted by atomic mass is 10.1. The van der Waals surface area contributed by atoms with Crippen LogP contribution in [0.1, 0.15) is 49.0 Å². The third kappa shape index (κ3) is 3.55. The Balaban J connectivity index is 2.29. The number of piperazine rings is 1. The first-order chi connectivity index (χ1) is 10.1. The molecule has 0 aromatic carbocycles. The smallest absolute Gasteiger partial charge is 0.266 e. The van der Waals surface area contributed by atoms with Crippen LogP contribution in [-0.4, -0.2) is 55.1 Å². The summed E-state index contributed by atoms with van der Waals surface area (Å²) in [5, 5.41) is 4.26. The predicted octanol–water partition coefficient (Wildman–Crippen LogP) is 2.16. The molecule has 0 atom stereocenters. The van der Waals surface area contributed by atoms with Gasteiger partial charge >= 0.3 is 0 Å². The fourth-order valence-corrected chi connectivity index (χ4v) is 3.82. The van der Waals surface area contributed by atoms with Crippen LogP contribution in [0.15, 0.2) is 0 Å². The van der Waals surface area contributed by atoms with Crippen molar-refractivity contribution < 1.29 is 4.79 Å². The summed E-state index contributed by atoms with van der Waals surface area (Å²) < 4.78 is 0. The molecule has 1 aliphatic heterocycles. The minimum absolute atomic E-state index is 0.149. The maximum Gasteiger partial charge on any atom is 0.266 e. The van der Waals surface area contributed by atoms with Crippen LogP contribution in [0.3, 0.4) is 0 Å². The van der Waals surface area contributed by atoms with Crippen LogP contribution < -0.4 is 10.2 Å². The second kappa shape index (κ2) is 7.22. The molecule has 0 spiro atoms. The minimum atomic E-state index is 0.149. The van der Waals surface area contributed by atoms with E-state index in [-0.39, 0.29) is 11.8 Å². The third-order valence-electron chi connectivity index (χ3n) is 3.82. The van der Waals surface area contributed by atoms with E-state index in [1.807, 2.05) is 4.90 Å². The van der Waals surface area contributed by atoms with E-state index in [0.717, 1.165) is 55.0 Å². The summed E-state index contributed by atoms with van der Waals surface area (Å²) in [6.07, 6.45) is 0. The van der Waals surface area contributed by atoms with E-state index in [1.54, 1.807) is 11.3 Å². The van der Waals surface area contributed by atoms with Gasteiger partial charge in [-0.1, -0.05) is 25.2 Å². The molecule has 0 aliphatic carbocycles. The van der Waals surface area contributed by atoms with Gasteiger partial charge in [0.25, 0.3) is 5.91 Å². The zero-order chi connectivity index (χ0) is 15.4. The first-order valence-electron chi connectivity index (χ1n) is 7.84. The number of hydrogen-bond acceptors (Lipinski definition) is 5. The van der Waals surface area contributed by atoms with Gasteiger partial charge in [-0.25, -0.2) is 4.98 Å². The van der Waals surface area contributed by atoms with E-state index < -0.39 is 0 Å². The number of carbonyl (C=O) groups excluding carboxylic acids is 1. The predicted molar refractivity (Wildman–Crippen MR) is 88.5 cm³/mol. The summed E-state index contributed by atoms with van der Waals surface area (Å²) in [6.45, 7) is 13.6. The molecule has 1 aromatic heterocycles. The van der Waals surface area contributed by atoms with E-state index >= 15 is 0 Å². The summed E-state index contributed by atoms with van der Waals surface area (Å²) in [6, 6.07) is 0. The molecule has 0 saturated carbocycles. The molecule has 1 aromatic rings. The fraction of sp³-hybridized carbons (Fsp3) is 0.733. The molecular weight excluding hydrogens is 284 g/mol. The highest BCUT2D eigenvalue weighted by Crippen LogP contribution is 2.31. The van der Waals surface area contributed by atoms with Gasteiger partial charge in [0.05, 0.1) is 5.69 Å². The lowest BCUT2D eigenvalue weighted by Crippen LogP contribution is -2.46.